The molecule has 1 aliphatic heterocycles. The summed E-state index contributed by atoms with van der Waals surface area (Å²) in [6.45, 7) is 3.13. The standard InChI is InChI=1S/C20H18N2O3S/c1-14-4-2-3-5-15(14)13-26-19-20(23)22(9-8-21-19)16-6-7-17-18(12-16)25-11-10-24-17/h2-9,12H,10-11,13H2,1H3. The third-order valence-corrected chi connectivity index (χ3v) is 5.25. The van der Waals surface area contributed by atoms with Crippen LogP contribution in [0.4, 0.5) is 0 Å². The van der Waals surface area contributed by atoms with E-state index in [9.17, 15) is 4.79 Å². The summed E-state index contributed by atoms with van der Waals surface area (Å²) in [5, 5.41) is 0.477. The second-order valence-corrected chi connectivity index (χ2v) is 6.91. The molecule has 0 radical (unpaired) electrons. The summed E-state index contributed by atoms with van der Waals surface area (Å²) in [5.41, 5.74) is 3.01. The maximum absolute atomic E-state index is 12.9. The van der Waals surface area contributed by atoms with E-state index >= 15 is 0 Å². The van der Waals surface area contributed by atoms with Crippen LogP contribution in [-0.2, 0) is 5.75 Å². The van der Waals surface area contributed by atoms with Crippen molar-refractivity contribution in [3.8, 4) is 17.2 Å². The second-order valence-electron chi connectivity index (χ2n) is 5.95. The van der Waals surface area contributed by atoms with Crippen LogP contribution >= 0.6 is 11.8 Å². The molecule has 0 unspecified atom stereocenters. The van der Waals surface area contributed by atoms with Gasteiger partial charge in [-0.25, -0.2) is 4.98 Å². The lowest BCUT2D eigenvalue weighted by Crippen LogP contribution is -2.21. The highest BCUT2D eigenvalue weighted by molar-refractivity contribution is 7.98. The molecular weight excluding hydrogens is 348 g/mol. The summed E-state index contributed by atoms with van der Waals surface area (Å²) in [7, 11) is 0. The maximum atomic E-state index is 12.9. The molecule has 1 aliphatic rings. The van der Waals surface area contributed by atoms with Gasteiger partial charge in [-0.3, -0.25) is 9.36 Å². The van der Waals surface area contributed by atoms with E-state index in [-0.39, 0.29) is 5.56 Å². The van der Waals surface area contributed by atoms with Gasteiger partial charge >= 0.3 is 0 Å². The SMILES string of the molecule is Cc1ccccc1CSc1nccn(-c2ccc3c(c2)OCCO3)c1=O. The number of hydrogen-bond donors (Lipinski definition) is 0. The Morgan fingerprint density at radius 3 is 2.77 bits per heavy atom. The summed E-state index contributed by atoms with van der Waals surface area (Å²) >= 11 is 1.45. The second kappa shape index (κ2) is 7.25. The van der Waals surface area contributed by atoms with Gasteiger partial charge in [0.25, 0.3) is 5.56 Å². The lowest BCUT2D eigenvalue weighted by molar-refractivity contribution is 0.171. The fourth-order valence-corrected chi connectivity index (χ4v) is 3.77. The van der Waals surface area contributed by atoms with E-state index in [0.29, 0.717) is 35.5 Å². The van der Waals surface area contributed by atoms with Crippen LogP contribution in [0.1, 0.15) is 11.1 Å². The number of fused-ring (bicyclic) bond motifs is 1. The average molecular weight is 366 g/mol. The first-order valence-corrected chi connectivity index (χ1v) is 9.36. The molecule has 132 valence electrons. The number of hydrogen-bond acceptors (Lipinski definition) is 5. The van der Waals surface area contributed by atoms with E-state index in [1.54, 1.807) is 17.0 Å². The smallest absolute Gasteiger partial charge is 0.287 e. The first-order valence-electron chi connectivity index (χ1n) is 8.37. The molecule has 5 nitrogen and oxygen atoms in total. The molecule has 0 bridgehead atoms. The summed E-state index contributed by atoms with van der Waals surface area (Å²) in [4.78, 5) is 17.1. The number of benzene rings is 2. The molecular formula is C20H18N2O3S. The predicted molar refractivity (Wildman–Crippen MR) is 102 cm³/mol. The molecule has 0 amide bonds. The molecule has 0 spiro atoms. The molecule has 0 saturated carbocycles. The van der Waals surface area contributed by atoms with E-state index in [4.69, 9.17) is 9.47 Å². The average Bonchev–Trinajstić information content (AvgIpc) is 2.68. The van der Waals surface area contributed by atoms with Crippen molar-refractivity contribution in [1.82, 2.24) is 9.55 Å². The molecule has 0 N–H and O–H groups in total. The minimum Gasteiger partial charge on any atom is -0.486 e. The number of ether oxygens (including phenoxy) is 2. The number of rotatable bonds is 4. The molecule has 2 heterocycles. The molecule has 1 aromatic heterocycles. The Labute approximate surface area is 155 Å². The quantitative estimate of drug-likeness (QED) is 0.661. The molecule has 2 aromatic carbocycles. The molecule has 3 aromatic rings. The van der Waals surface area contributed by atoms with Gasteiger partial charge in [0.15, 0.2) is 16.5 Å². The number of thioether (sulfide) groups is 1. The first kappa shape index (κ1) is 16.7. The van der Waals surface area contributed by atoms with E-state index in [0.717, 1.165) is 5.69 Å². The van der Waals surface area contributed by atoms with Crippen molar-refractivity contribution in [3.05, 3.63) is 76.3 Å². The molecule has 0 atom stereocenters. The van der Waals surface area contributed by atoms with Gasteiger partial charge in [0.05, 0.1) is 5.69 Å². The van der Waals surface area contributed by atoms with Crippen molar-refractivity contribution >= 4 is 11.8 Å². The van der Waals surface area contributed by atoms with Crippen molar-refractivity contribution in [3.63, 3.8) is 0 Å². The zero-order chi connectivity index (χ0) is 17.9. The van der Waals surface area contributed by atoms with Crippen LogP contribution in [0.25, 0.3) is 5.69 Å². The van der Waals surface area contributed by atoms with Crippen LogP contribution in [0.15, 0.2) is 64.7 Å². The van der Waals surface area contributed by atoms with E-state index in [2.05, 4.69) is 24.0 Å². The van der Waals surface area contributed by atoms with Crippen molar-refractivity contribution in [2.75, 3.05) is 13.2 Å². The predicted octanol–water partition coefficient (Wildman–Crippen LogP) is 3.60. The zero-order valence-electron chi connectivity index (χ0n) is 14.3. The van der Waals surface area contributed by atoms with Gasteiger partial charge in [0.2, 0.25) is 0 Å². The van der Waals surface area contributed by atoms with Crippen LogP contribution in [0, 0.1) is 6.92 Å². The first-order chi connectivity index (χ1) is 12.7. The lowest BCUT2D eigenvalue weighted by Gasteiger charge is -2.19. The van der Waals surface area contributed by atoms with Crippen molar-refractivity contribution in [1.29, 1.82) is 0 Å². The molecule has 26 heavy (non-hydrogen) atoms. The summed E-state index contributed by atoms with van der Waals surface area (Å²) in [6, 6.07) is 13.7. The van der Waals surface area contributed by atoms with E-state index in [1.165, 1.54) is 22.9 Å². The third-order valence-electron chi connectivity index (χ3n) is 4.24. The van der Waals surface area contributed by atoms with Gasteiger partial charge in [-0.05, 0) is 30.2 Å². The highest BCUT2D eigenvalue weighted by Crippen LogP contribution is 2.31. The third kappa shape index (κ3) is 3.32. The fraction of sp³-hybridized carbons (Fsp3) is 0.200. The minimum atomic E-state index is -0.136. The summed E-state index contributed by atoms with van der Waals surface area (Å²) < 4.78 is 12.7. The highest BCUT2D eigenvalue weighted by atomic mass is 32.2. The monoisotopic (exact) mass is 366 g/mol. The van der Waals surface area contributed by atoms with Crippen LogP contribution in [0.2, 0.25) is 0 Å². The molecule has 4 rings (SSSR count). The molecule has 6 heteroatoms. The lowest BCUT2D eigenvalue weighted by atomic mass is 10.1. The summed E-state index contributed by atoms with van der Waals surface area (Å²) in [5.74, 6) is 2.07. The van der Waals surface area contributed by atoms with Gasteiger partial charge in [-0.1, -0.05) is 36.0 Å². The Bertz CT molecular complexity index is 1000. The van der Waals surface area contributed by atoms with Gasteiger partial charge in [-0.2, -0.15) is 0 Å². The Hall–Kier alpha value is -2.73. The Balaban J connectivity index is 1.62. The van der Waals surface area contributed by atoms with Crippen molar-refractivity contribution < 1.29 is 9.47 Å². The van der Waals surface area contributed by atoms with Crippen LogP contribution in [-0.4, -0.2) is 22.8 Å². The van der Waals surface area contributed by atoms with Crippen molar-refractivity contribution in [2.45, 2.75) is 17.7 Å². The van der Waals surface area contributed by atoms with Gasteiger partial charge in [0, 0.05) is 24.2 Å². The largest absolute Gasteiger partial charge is 0.486 e. The minimum absolute atomic E-state index is 0.136. The molecule has 0 aliphatic carbocycles. The number of aryl methyl sites for hydroxylation is 1. The molecule has 0 saturated heterocycles. The molecule has 0 fully saturated rings. The van der Waals surface area contributed by atoms with Crippen LogP contribution in [0.3, 0.4) is 0 Å². The number of nitrogens with zero attached hydrogens (tertiary/aromatic N) is 2. The van der Waals surface area contributed by atoms with Gasteiger partial charge in [0.1, 0.15) is 13.2 Å². The number of aromatic nitrogens is 2. The van der Waals surface area contributed by atoms with E-state index < -0.39 is 0 Å². The van der Waals surface area contributed by atoms with Gasteiger partial charge < -0.3 is 9.47 Å². The fourth-order valence-electron chi connectivity index (χ4n) is 2.80. The Kier molecular flexibility index (Phi) is 4.67. The summed E-state index contributed by atoms with van der Waals surface area (Å²) in [6.07, 6.45) is 3.32. The van der Waals surface area contributed by atoms with E-state index in [1.807, 2.05) is 30.3 Å². The van der Waals surface area contributed by atoms with Crippen molar-refractivity contribution in [2.24, 2.45) is 0 Å². The normalized spacial score (nSPS) is 12.8. The Morgan fingerprint density at radius 2 is 1.92 bits per heavy atom. The zero-order valence-corrected chi connectivity index (χ0v) is 15.2. The highest BCUT2D eigenvalue weighted by Gasteiger charge is 2.14. The van der Waals surface area contributed by atoms with Crippen LogP contribution in [0.5, 0.6) is 11.5 Å². The maximum Gasteiger partial charge on any atom is 0.287 e. The Morgan fingerprint density at radius 1 is 1.12 bits per heavy atom. The topological polar surface area (TPSA) is 53.4 Å². The van der Waals surface area contributed by atoms with Gasteiger partial charge in [-0.15, -0.1) is 0 Å². The van der Waals surface area contributed by atoms with Crippen LogP contribution < -0.4 is 15.0 Å².